The van der Waals surface area contributed by atoms with Crippen LogP contribution in [-0.2, 0) is 9.84 Å². The third-order valence-electron chi connectivity index (χ3n) is 4.47. The number of anilines is 2. The highest BCUT2D eigenvalue weighted by molar-refractivity contribution is 7.90. The number of carbonyl (C=O) groups is 1. The smallest absolute Gasteiger partial charge is 0.321 e. The Labute approximate surface area is 153 Å². The SMILES string of the molecule is Cc1ccc(S(C)(=O)=O)cc1NC(=O)N1CCN(c2ccncc2)CC1. The van der Waals surface area contributed by atoms with Crippen LogP contribution in [0.4, 0.5) is 16.2 Å². The summed E-state index contributed by atoms with van der Waals surface area (Å²) in [5.74, 6) is 0. The first-order valence-corrected chi connectivity index (χ1v) is 10.3. The van der Waals surface area contributed by atoms with Gasteiger partial charge >= 0.3 is 6.03 Å². The number of hydrogen-bond acceptors (Lipinski definition) is 5. The zero-order chi connectivity index (χ0) is 18.7. The summed E-state index contributed by atoms with van der Waals surface area (Å²) in [5, 5.41) is 2.84. The van der Waals surface area contributed by atoms with E-state index in [1.54, 1.807) is 29.4 Å². The molecule has 1 aliphatic rings. The van der Waals surface area contributed by atoms with Crippen LogP contribution in [0.3, 0.4) is 0 Å². The van der Waals surface area contributed by atoms with Gasteiger partial charge in [-0.15, -0.1) is 0 Å². The van der Waals surface area contributed by atoms with Crippen LogP contribution in [0, 0.1) is 6.92 Å². The molecular formula is C18H22N4O3S. The van der Waals surface area contributed by atoms with Crippen LogP contribution in [0.2, 0.25) is 0 Å². The number of hydrogen-bond donors (Lipinski definition) is 1. The summed E-state index contributed by atoms with van der Waals surface area (Å²) in [6, 6.07) is 8.45. The number of nitrogens with zero attached hydrogens (tertiary/aromatic N) is 3. The van der Waals surface area contributed by atoms with Crippen molar-refractivity contribution in [3.8, 4) is 0 Å². The molecule has 0 atom stereocenters. The predicted octanol–water partition coefficient (Wildman–Crippen LogP) is 2.15. The van der Waals surface area contributed by atoms with Crippen LogP contribution >= 0.6 is 0 Å². The fourth-order valence-electron chi connectivity index (χ4n) is 2.88. The molecule has 1 saturated heterocycles. The number of benzene rings is 1. The van der Waals surface area contributed by atoms with Crippen molar-refractivity contribution >= 4 is 27.2 Å². The monoisotopic (exact) mass is 374 g/mol. The second-order valence-electron chi connectivity index (χ2n) is 6.36. The van der Waals surface area contributed by atoms with Crippen LogP contribution in [0.1, 0.15) is 5.56 Å². The first kappa shape index (κ1) is 18.2. The van der Waals surface area contributed by atoms with E-state index in [0.29, 0.717) is 18.8 Å². The fourth-order valence-corrected chi connectivity index (χ4v) is 3.53. The number of carbonyl (C=O) groups excluding carboxylic acids is 1. The average molecular weight is 374 g/mol. The molecule has 0 bridgehead atoms. The molecule has 8 heteroatoms. The molecule has 138 valence electrons. The zero-order valence-corrected chi connectivity index (χ0v) is 15.7. The highest BCUT2D eigenvalue weighted by atomic mass is 32.2. The van der Waals surface area contributed by atoms with E-state index in [2.05, 4.69) is 15.2 Å². The van der Waals surface area contributed by atoms with Gasteiger partial charge < -0.3 is 15.1 Å². The maximum Gasteiger partial charge on any atom is 0.321 e. The largest absolute Gasteiger partial charge is 0.368 e. The lowest BCUT2D eigenvalue weighted by Gasteiger charge is -2.36. The number of aromatic nitrogens is 1. The second kappa shape index (κ2) is 7.33. The van der Waals surface area contributed by atoms with E-state index in [-0.39, 0.29) is 10.9 Å². The lowest BCUT2D eigenvalue weighted by molar-refractivity contribution is 0.208. The summed E-state index contributed by atoms with van der Waals surface area (Å²) >= 11 is 0. The Bertz CT molecular complexity index is 892. The average Bonchev–Trinajstić information content (AvgIpc) is 2.63. The van der Waals surface area contributed by atoms with Gasteiger partial charge in [0.05, 0.1) is 4.90 Å². The predicted molar refractivity (Wildman–Crippen MR) is 101 cm³/mol. The standard InChI is InChI=1S/C18H22N4O3S/c1-14-3-4-16(26(2,24)25)13-17(14)20-18(23)22-11-9-21(10-12-22)15-5-7-19-8-6-15/h3-8,13H,9-12H2,1-2H3,(H,20,23). The van der Waals surface area contributed by atoms with Crippen molar-refractivity contribution < 1.29 is 13.2 Å². The lowest BCUT2D eigenvalue weighted by Crippen LogP contribution is -2.50. The van der Waals surface area contributed by atoms with Gasteiger partial charge in [-0.2, -0.15) is 0 Å². The molecule has 0 unspecified atom stereocenters. The fraction of sp³-hybridized carbons (Fsp3) is 0.333. The molecule has 3 rings (SSSR count). The number of rotatable bonds is 3. The zero-order valence-electron chi connectivity index (χ0n) is 14.8. The van der Waals surface area contributed by atoms with E-state index in [1.165, 1.54) is 6.07 Å². The minimum Gasteiger partial charge on any atom is -0.368 e. The minimum atomic E-state index is -3.32. The molecule has 0 spiro atoms. The molecule has 1 aliphatic heterocycles. The van der Waals surface area contributed by atoms with E-state index in [9.17, 15) is 13.2 Å². The molecule has 1 aromatic heterocycles. The summed E-state index contributed by atoms with van der Waals surface area (Å²) in [4.78, 5) is 20.7. The highest BCUT2D eigenvalue weighted by Crippen LogP contribution is 2.21. The third kappa shape index (κ3) is 4.13. The highest BCUT2D eigenvalue weighted by Gasteiger charge is 2.22. The van der Waals surface area contributed by atoms with Crippen LogP contribution in [0.5, 0.6) is 0 Å². The third-order valence-corrected chi connectivity index (χ3v) is 5.58. The van der Waals surface area contributed by atoms with Gasteiger partial charge in [-0.3, -0.25) is 4.98 Å². The van der Waals surface area contributed by atoms with Gasteiger partial charge in [0.1, 0.15) is 0 Å². The molecule has 1 fully saturated rings. The summed E-state index contributed by atoms with van der Waals surface area (Å²) in [7, 11) is -3.32. The number of nitrogens with one attached hydrogen (secondary N) is 1. The van der Waals surface area contributed by atoms with Crippen molar-refractivity contribution in [3.05, 3.63) is 48.3 Å². The number of pyridine rings is 1. The summed E-state index contributed by atoms with van der Waals surface area (Å²) < 4.78 is 23.4. The van der Waals surface area contributed by atoms with Gasteiger partial charge in [0.15, 0.2) is 9.84 Å². The second-order valence-corrected chi connectivity index (χ2v) is 8.37. The van der Waals surface area contributed by atoms with E-state index in [1.807, 2.05) is 19.1 Å². The Morgan fingerprint density at radius 3 is 2.35 bits per heavy atom. The lowest BCUT2D eigenvalue weighted by atomic mass is 10.2. The van der Waals surface area contributed by atoms with Gasteiger partial charge in [-0.25, -0.2) is 13.2 Å². The summed E-state index contributed by atoms with van der Waals surface area (Å²) in [6.07, 6.45) is 4.67. The molecule has 2 aromatic rings. The summed E-state index contributed by atoms with van der Waals surface area (Å²) in [5.41, 5.74) is 2.44. The van der Waals surface area contributed by atoms with Crippen LogP contribution in [0.25, 0.3) is 0 Å². The van der Waals surface area contributed by atoms with Gasteiger partial charge in [0.2, 0.25) is 0 Å². The quantitative estimate of drug-likeness (QED) is 0.890. The van der Waals surface area contributed by atoms with Gasteiger partial charge in [-0.05, 0) is 36.8 Å². The molecule has 0 radical (unpaired) electrons. The molecule has 1 aromatic carbocycles. The minimum absolute atomic E-state index is 0.195. The van der Waals surface area contributed by atoms with E-state index in [4.69, 9.17) is 0 Å². The molecule has 0 saturated carbocycles. The molecule has 1 N–H and O–H groups in total. The van der Waals surface area contributed by atoms with Gasteiger partial charge in [0.25, 0.3) is 0 Å². The first-order valence-electron chi connectivity index (χ1n) is 8.36. The maximum atomic E-state index is 12.6. The molecule has 0 aliphatic carbocycles. The Hall–Kier alpha value is -2.61. The van der Waals surface area contributed by atoms with Crippen molar-refractivity contribution in [2.75, 3.05) is 42.7 Å². The Morgan fingerprint density at radius 2 is 1.73 bits per heavy atom. The van der Waals surface area contributed by atoms with E-state index >= 15 is 0 Å². The normalized spacial score (nSPS) is 15.0. The van der Waals surface area contributed by atoms with Crippen LogP contribution in [0.15, 0.2) is 47.6 Å². The van der Waals surface area contributed by atoms with E-state index < -0.39 is 9.84 Å². The number of urea groups is 1. The van der Waals surface area contributed by atoms with Gasteiger partial charge in [0, 0.05) is 56.2 Å². The first-order chi connectivity index (χ1) is 12.3. The van der Waals surface area contributed by atoms with Crippen molar-refractivity contribution in [1.82, 2.24) is 9.88 Å². The Balaban J connectivity index is 1.65. The molecule has 26 heavy (non-hydrogen) atoms. The molecular weight excluding hydrogens is 352 g/mol. The van der Waals surface area contributed by atoms with Crippen molar-refractivity contribution in [2.24, 2.45) is 0 Å². The topological polar surface area (TPSA) is 82.6 Å². The Morgan fingerprint density at radius 1 is 1.08 bits per heavy atom. The van der Waals surface area contributed by atoms with Crippen LogP contribution in [-0.4, -0.2) is 56.8 Å². The van der Waals surface area contributed by atoms with Crippen LogP contribution < -0.4 is 10.2 Å². The number of amides is 2. The van der Waals surface area contributed by atoms with Crippen molar-refractivity contribution in [3.63, 3.8) is 0 Å². The Kier molecular flexibility index (Phi) is 5.13. The maximum absolute atomic E-state index is 12.6. The van der Waals surface area contributed by atoms with Crippen molar-refractivity contribution in [2.45, 2.75) is 11.8 Å². The number of sulfone groups is 1. The molecule has 2 amide bonds. The number of aryl methyl sites for hydroxylation is 1. The van der Waals surface area contributed by atoms with Crippen molar-refractivity contribution in [1.29, 1.82) is 0 Å². The summed E-state index contributed by atoms with van der Waals surface area (Å²) in [6.45, 7) is 4.50. The van der Waals surface area contributed by atoms with E-state index in [0.717, 1.165) is 30.6 Å². The molecule has 7 nitrogen and oxygen atoms in total. The molecule has 2 heterocycles. The van der Waals surface area contributed by atoms with Gasteiger partial charge in [-0.1, -0.05) is 6.07 Å². The number of piperazine rings is 1.